The maximum atomic E-state index is 14.1. The van der Waals surface area contributed by atoms with Crippen molar-refractivity contribution >= 4 is 17.9 Å². The van der Waals surface area contributed by atoms with Crippen molar-refractivity contribution in [3.05, 3.63) is 83.7 Å². The number of unbranched alkanes of at least 4 members (excludes halogenated alkanes) is 2. The van der Waals surface area contributed by atoms with Crippen LogP contribution in [0, 0.1) is 23.6 Å². The summed E-state index contributed by atoms with van der Waals surface area (Å²) in [6, 6.07) is 10.4. The van der Waals surface area contributed by atoms with Gasteiger partial charge in [-0.05, 0) is 107 Å². The van der Waals surface area contributed by atoms with Gasteiger partial charge in [0.2, 0.25) is 5.79 Å². The number of nitrogens with one attached hydrogen (secondary N) is 1. The Kier molecular flexibility index (Phi) is 14.6. The number of hydrogen-bond acceptors (Lipinski definition) is 10. The highest BCUT2D eigenvalue weighted by Crippen LogP contribution is 2.62. The van der Waals surface area contributed by atoms with Crippen LogP contribution >= 0.6 is 0 Å². The van der Waals surface area contributed by atoms with Gasteiger partial charge in [0, 0.05) is 44.2 Å². The number of oxime groups is 1. The molecule has 2 aromatic carbocycles. The Morgan fingerprint density at radius 2 is 1.80 bits per heavy atom. The Bertz CT molecular complexity index is 1730. The molecule has 1 heterocycles. The largest absolute Gasteiger partial charge is 0.459 e. The van der Waals surface area contributed by atoms with Gasteiger partial charge in [0.05, 0.1) is 25.3 Å². The Balaban J connectivity index is 1.81. The number of hydrogen-bond donors (Lipinski definition) is 3. The van der Waals surface area contributed by atoms with E-state index in [4.69, 9.17) is 28.9 Å². The zero-order valence-electron chi connectivity index (χ0n) is 33.3. The summed E-state index contributed by atoms with van der Waals surface area (Å²) in [5, 5.41) is 27.2. The molecule has 2 aromatic rings. The van der Waals surface area contributed by atoms with E-state index in [9.17, 15) is 24.2 Å². The average Bonchev–Trinajstić information content (AvgIpc) is 3.17. The van der Waals surface area contributed by atoms with Crippen LogP contribution in [0.4, 0.5) is 14.0 Å². The van der Waals surface area contributed by atoms with Crippen molar-refractivity contribution < 1.29 is 48.0 Å². The maximum Gasteiger partial charge on any atom is 0.412 e. The van der Waals surface area contributed by atoms with E-state index in [-0.39, 0.29) is 50.5 Å². The van der Waals surface area contributed by atoms with Gasteiger partial charge in [-0.3, -0.25) is 4.90 Å². The van der Waals surface area contributed by atoms with E-state index in [2.05, 4.69) is 18.0 Å². The molecule has 12 nitrogen and oxygen atoms in total. The van der Waals surface area contributed by atoms with Crippen molar-refractivity contribution in [3.8, 4) is 11.5 Å². The van der Waals surface area contributed by atoms with Crippen molar-refractivity contribution in [3.63, 3.8) is 0 Å². The zero-order valence-corrected chi connectivity index (χ0v) is 33.3. The van der Waals surface area contributed by atoms with Crippen molar-refractivity contribution in [2.24, 2.45) is 22.9 Å². The summed E-state index contributed by atoms with van der Waals surface area (Å²) in [4.78, 5) is 34.4. The van der Waals surface area contributed by atoms with E-state index >= 15 is 0 Å². The lowest BCUT2D eigenvalue weighted by Crippen LogP contribution is -2.70. The number of aliphatic hydroxyl groups is 2. The molecule has 0 aromatic heterocycles. The molecule has 306 valence electrons. The highest BCUT2D eigenvalue weighted by Gasteiger charge is 2.65. The van der Waals surface area contributed by atoms with Gasteiger partial charge in [0.15, 0.2) is 0 Å². The van der Waals surface area contributed by atoms with Gasteiger partial charge in [-0.25, -0.2) is 14.0 Å². The van der Waals surface area contributed by atoms with Crippen molar-refractivity contribution in [1.82, 2.24) is 10.2 Å². The van der Waals surface area contributed by atoms with Crippen LogP contribution in [0.2, 0.25) is 0 Å². The Morgan fingerprint density at radius 1 is 1.09 bits per heavy atom. The summed E-state index contributed by atoms with van der Waals surface area (Å²) in [6.07, 6.45) is 7.11. The Labute approximate surface area is 329 Å². The monoisotopic (exact) mass is 779 g/mol. The molecule has 2 amide bonds. The first-order valence-corrected chi connectivity index (χ1v) is 19.7. The topological polar surface area (TPSA) is 148 Å². The number of carbonyl (C=O) groups excluding carboxylic acids is 2. The third-order valence-electron chi connectivity index (χ3n) is 10.7. The average molecular weight is 780 g/mol. The molecule has 3 aliphatic rings. The fraction of sp³-hybridized carbons (Fsp3) is 0.558. The lowest BCUT2D eigenvalue weighted by molar-refractivity contribution is -0.256. The summed E-state index contributed by atoms with van der Waals surface area (Å²) in [6.45, 7) is 12.1. The molecular weight excluding hydrogens is 721 g/mol. The summed E-state index contributed by atoms with van der Waals surface area (Å²) in [5.41, 5.74) is 2.31. The van der Waals surface area contributed by atoms with Crippen LogP contribution in [0.15, 0.2) is 71.9 Å². The van der Waals surface area contributed by atoms with E-state index < -0.39 is 41.4 Å². The molecule has 56 heavy (non-hydrogen) atoms. The van der Waals surface area contributed by atoms with Crippen LogP contribution in [0.25, 0.3) is 0 Å². The number of nitrogens with zero attached hydrogens (tertiary/aromatic N) is 2. The molecule has 1 fully saturated rings. The lowest BCUT2D eigenvalue weighted by atomic mass is 9.55. The second-order valence-corrected chi connectivity index (χ2v) is 15.6. The summed E-state index contributed by atoms with van der Waals surface area (Å²) in [5.74, 6) is -2.01. The van der Waals surface area contributed by atoms with Crippen LogP contribution in [-0.2, 0) is 20.9 Å². The minimum absolute atomic E-state index is 0.0137. The number of aliphatic hydroxyl groups excluding tert-OH is 2. The minimum Gasteiger partial charge on any atom is -0.459 e. The molecule has 2 aliphatic carbocycles. The summed E-state index contributed by atoms with van der Waals surface area (Å²) in [7, 11) is 1.31. The number of benzene rings is 2. The fourth-order valence-corrected chi connectivity index (χ4v) is 8.40. The van der Waals surface area contributed by atoms with Gasteiger partial charge < -0.3 is 39.3 Å². The number of allylic oxidation sites excluding steroid dienone is 1. The van der Waals surface area contributed by atoms with E-state index in [1.54, 1.807) is 35.2 Å². The maximum absolute atomic E-state index is 14.1. The molecule has 0 radical (unpaired) electrons. The number of halogens is 1. The molecule has 13 heteroatoms. The van der Waals surface area contributed by atoms with E-state index in [1.165, 1.54) is 19.2 Å². The van der Waals surface area contributed by atoms with Crippen molar-refractivity contribution in [2.45, 2.75) is 103 Å². The van der Waals surface area contributed by atoms with E-state index in [0.29, 0.717) is 42.2 Å². The standard InChI is InChI=1S/C43H58FN3O9/c1-7-23-53-43-37(47(41(51)52-6)27-28-15-17-30(44)18-16-28)26-35(46-56-42(3,4)5)33-24-29(13-9-11-21-48)32(14-10-12-22-49)38(39(33)43)34-25-31(19-20-36(34)55-43)54-40(50)45-8-2/h7,15-20,24-25,29,32,37-39,48-49H,1,8-14,21-23,26-27H2,2-6H3,(H,45,50)/t29-,32+,37-,38+,39+,43+/m0/s1. The van der Waals surface area contributed by atoms with E-state index in [0.717, 1.165) is 36.8 Å². The molecule has 0 saturated heterocycles. The van der Waals surface area contributed by atoms with Crippen LogP contribution in [0.5, 0.6) is 11.5 Å². The predicted molar refractivity (Wildman–Crippen MR) is 210 cm³/mol. The molecule has 6 atom stereocenters. The van der Waals surface area contributed by atoms with Gasteiger partial charge in [0.25, 0.3) is 0 Å². The quantitative estimate of drug-likeness (QED) is 0.0837. The van der Waals surface area contributed by atoms with Crippen molar-refractivity contribution in [1.29, 1.82) is 0 Å². The van der Waals surface area contributed by atoms with Crippen LogP contribution in [0.3, 0.4) is 0 Å². The highest BCUT2D eigenvalue weighted by atomic mass is 19.1. The van der Waals surface area contributed by atoms with Gasteiger partial charge in [-0.2, -0.15) is 0 Å². The first-order chi connectivity index (χ1) is 26.9. The van der Waals surface area contributed by atoms with Crippen LogP contribution in [0.1, 0.15) is 89.7 Å². The van der Waals surface area contributed by atoms with Gasteiger partial charge >= 0.3 is 12.2 Å². The predicted octanol–water partition coefficient (Wildman–Crippen LogP) is 7.63. The molecule has 5 rings (SSSR count). The zero-order chi connectivity index (χ0) is 40.5. The third kappa shape index (κ3) is 9.73. The molecule has 1 aliphatic heterocycles. The molecule has 0 spiro atoms. The number of methoxy groups -OCH3 is 1. The molecule has 0 unspecified atom stereocenters. The normalized spacial score (nSPS) is 24.5. The van der Waals surface area contributed by atoms with Gasteiger partial charge in [-0.1, -0.05) is 42.3 Å². The second-order valence-electron chi connectivity index (χ2n) is 15.6. The fourth-order valence-electron chi connectivity index (χ4n) is 8.40. The number of ether oxygens (including phenoxy) is 4. The minimum atomic E-state index is -1.53. The van der Waals surface area contributed by atoms with Gasteiger partial charge in [0.1, 0.15) is 29.0 Å². The number of amides is 2. The van der Waals surface area contributed by atoms with Gasteiger partial charge in [-0.15, -0.1) is 6.58 Å². The third-order valence-corrected chi connectivity index (χ3v) is 10.7. The Morgan fingerprint density at radius 3 is 2.45 bits per heavy atom. The van der Waals surface area contributed by atoms with Crippen LogP contribution < -0.4 is 14.8 Å². The lowest BCUT2D eigenvalue weighted by Gasteiger charge is -2.59. The first-order valence-electron chi connectivity index (χ1n) is 19.7. The molecular formula is C43H58FN3O9. The SMILES string of the molecule is C=CCO[C@@]12Oc3ccc(OC(=O)NCC)cc3[C@H]3[C@H](CCCCO)[C@@H](CCCCO)C=C(C(=NOC(C)(C)C)C[C@@H]1N(Cc1ccc(F)cc1)C(=O)OC)[C@H]32. The highest BCUT2D eigenvalue weighted by molar-refractivity contribution is 6.03. The Hall–Kier alpha value is -4.46. The number of carbonyl (C=O) groups is 2. The molecule has 1 saturated carbocycles. The van der Waals surface area contributed by atoms with E-state index in [1.807, 2.05) is 33.8 Å². The molecule has 3 N–H and O–H groups in total. The molecule has 0 bridgehead atoms. The summed E-state index contributed by atoms with van der Waals surface area (Å²) < 4.78 is 39.4. The summed E-state index contributed by atoms with van der Waals surface area (Å²) >= 11 is 0. The van der Waals surface area contributed by atoms with Crippen molar-refractivity contribution in [2.75, 3.05) is 33.5 Å². The smallest absolute Gasteiger partial charge is 0.412 e. The number of rotatable bonds is 17. The first kappa shape index (κ1) is 42.7. The number of fused-ring (bicyclic) bond motifs is 2. The van der Waals surface area contributed by atoms with Crippen LogP contribution in [-0.4, -0.2) is 83.9 Å². The second kappa shape index (κ2) is 19.1.